The maximum Gasteiger partial charge on any atom is 0.427 e. The molecular weight excluding hydrogens is 328 g/mol. The van der Waals surface area contributed by atoms with Gasteiger partial charge in [0.05, 0.1) is 6.04 Å². The number of carbonyl (C=O) groups excluding carboxylic acids is 1. The molecule has 1 saturated heterocycles. The van der Waals surface area contributed by atoms with E-state index in [0.29, 0.717) is 0 Å². The molecule has 1 aromatic rings. The van der Waals surface area contributed by atoms with Crippen LogP contribution in [0, 0.1) is 5.92 Å². The second-order valence-electron chi connectivity index (χ2n) is 6.30. The van der Waals surface area contributed by atoms with Crippen molar-refractivity contribution in [3.05, 3.63) is 35.5 Å². The van der Waals surface area contributed by atoms with Crippen LogP contribution in [0.4, 0.5) is 4.79 Å². The number of carboxylic acid groups (broad SMARTS) is 1. The smallest absolute Gasteiger partial charge is 0.427 e. The molecule has 1 amide bonds. The normalized spacial score (nSPS) is 20.5. The molecule has 0 radical (unpaired) electrons. The van der Waals surface area contributed by atoms with Crippen molar-refractivity contribution in [1.82, 2.24) is 10.0 Å². The number of carbonyl (C=O) groups is 1. The summed E-state index contributed by atoms with van der Waals surface area (Å²) < 4.78 is 5.19. The predicted molar refractivity (Wildman–Crippen MR) is 87.9 cm³/mol. The molecule has 0 bridgehead atoms. The van der Waals surface area contributed by atoms with Gasteiger partial charge in [-0.05, 0) is 30.0 Å². The van der Waals surface area contributed by atoms with Gasteiger partial charge in [-0.1, -0.05) is 26.0 Å². The Labute approximate surface area is 145 Å². The van der Waals surface area contributed by atoms with Gasteiger partial charge in [-0.15, -0.1) is 0 Å². The molecule has 8 nitrogen and oxygen atoms in total. The minimum Gasteiger partial charge on any atom is -0.508 e. The highest BCUT2D eigenvalue weighted by Gasteiger charge is 2.41. The number of ether oxygens (including phenoxy) is 1. The van der Waals surface area contributed by atoms with Gasteiger partial charge in [0, 0.05) is 6.42 Å². The van der Waals surface area contributed by atoms with E-state index in [1.807, 2.05) is 13.8 Å². The van der Waals surface area contributed by atoms with Gasteiger partial charge in [0.1, 0.15) is 24.1 Å². The van der Waals surface area contributed by atoms with Gasteiger partial charge in [0.2, 0.25) is 0 Å². The van der Waals surface area contributed by atoms with Crippen LogP contribution >= 0.6 is 0 Å². The molecule has 1 fully saturated rings. The van der Waals surface area contributed by atoms with E-state index in [-0.39, 0.29) is 36.9 Å². The van der Waals surface area contributed by atoms with Crippen molar-refractivity contribution in [2.75, 3.05) is 6.73 Å². The second-order valence-corrected chi connectivity index (χ2v) is 6.30. The second kappa shape index (κ2) is 8.13. The van der Waals surface area contributed by atoms with Crippen molar-refractivity contribution in [3.63, 3.8) is 0 Å². The number of benzene rings is 1. The number of aliphatic hydroxyl groups is 1. The van der Waals surface area contributed by atoms with Crippen molar-refractivity contribution in [3.8, 4) is 5.75 Å². The van der Waals surface area contributed by atoms with Gasteiger partial charge in [-0.2, -0.15) is 10.0 Å². The Morgan fingerprint density at radius 3 is 2.56 bits per heavy atom. The molecule has 2 unspecified atom stereocenters. The molecule has 2 rings (SSSR count). The fourth-order valence-corrected chi connectivity index (χ4v) is 2.73. The first-order valence-electron chi connectivity index (χ1n) is 7.94. The van der Waals surface area contributed by atoms with E-state index in [1.165, 1.54) is 17.1 Å². The van der Waals surface area contributed by atoms with Crippen molar-refractivity contribution >= 4 is 12.0 Å². The molecule has 2 atom stereocenters. The van der Waals surface area contributed by atoms with E-state index in [1.54, 1.807) is 18.1 Å². The van der Waals surface area contributed by atoms with Crippen LogP contribution in [0.15, 0.2) is 30.0 Å². The van der Waals surface area contributed by atoms with Crippen LogP contribution in [0.3, 0.4) is 0 Å². The minimum atomic E-state index is -1.34. The Bertz CT molecular complexity index is 654. The predicted octanol–water partition coefficient (Wildman–Crippen LogP) is 1.57. The molecule has 3 N–H and O–H groups in total. The molecule has 0 saturated carbocycles. The topological polar surface area (TPSA) is 111 Å². The summed E-state index contributed by atoms with van der Waals surface area (Å²) in [6.07, 6.45) is -2.04. The van der Waals surface area contributed by atoms with Crippen LogP contribution in [0.1, 0.15) is 25.8 Å². The number of rotatable bonds is 6. The van der Waals surface area contributed by atoms with Crippen LogP contribution in [0.5, 0.6) is 5.75 Å². The van der Waals surface area contributed by atoms with Crippen molar-refractivity contribution in [1.29, 1.82) is 0 Å². The first-order chi connectivity index (χ1) is 11.8. The Balaban J connectivity index is 2.27. The third-order valence-electron chi connectivity index (χ3n) is 3.88. The highest BCUT2D eigenvalue weighted by atomic mass is 16.6. The Morgan fingerprint density at radius 1 is 1.40 bits per heavy atom. The van der Waals surface area contributed by atoms with E-state index in [9.17, 15) is 24.9 Å². The van der Waals surface area contributed by atoms with Gasteiger partial charge in [-0.25, -0.2) is 9.59 Å². The van der Waals surface area contributed by atoms with Crippen LogP contribution in [-0.2, 0) is 16.0 Å². The highest BCUT2D eigenvalue weighted by Crippen LogP contribution is 2.26. The largest absolute Gasteiger partial charge is 0.508 e. The molecule has 1 heterocycles. The summed E-state index contributed by atoms with van der Waals surface area (Å²) >= 11 is 0. The third-order valence-corrected chi connectivity index (χ3v) is 3.88. The molecule has 136 valence electrons. The monoisotopic (exact) mass is 350 g/mol. The zero-order valence-electron chi connectivity index (χ0n) is 14.1. The lowest BCUT2D eigenvalue weighted by Gasteiger charge is -2.33. The zero-order chi connectivity index (χ0) is 18.6. The lowest BCUT2D eigenvalue weighted by Crippen LogP contribution is -2.50. The fourth-order valence-electron chi connectivity index (χ4n) is 2.73. The summed E-state index contributed by atoms with van der Waals surface area (Å²) in [5.74, 6) is 1.87. The Morgan fingerprint density at radius 2 is 2.04 bits per heavy atom. The molecule has 8 heteroatoms. The number of hydrazine groups is 1. The van der Waals surface area contributed by atoms with E-state index in [4.69, 9.17) is 4.74 Å². The number of phenols is 1. The number of allylic oxidation sites excluding steroid dienone is 1. The molecule has 0 aliphatic carbocycles. The average Bonchev–Trinajstić information content (AvgIpc) is 2.89. The van der Waals surface area contributed by atoms with Crippen molar-refractivity contribution in [2.45, 2.75) is 39.0 Å². The summed E-state index contributed by atoms with van der Waals surface area (Å²) in [6, 6.07) is 5.66. The molecule has 25 heavy (non-hydrogen) atoms. The van der Waals surface area contributed by atoms with Crippen LogP contribution < -0.4 is 0 Å². The van der Waals surface area contributed by atoms with Crippen LogP contribution in [0.2, 0.25) is 0 Å². The van der Waals surface area contributed by atoms with Gasteiger partial charge in [0.15, 0.2) is 6.29 Å². The van der Waals surface area contributed by atoms with Crippen molar-refractivity contribution < 1.29 is 29.6 Å². The molecule has 1 aliphatic rings. The number of hydrogen-bond donors (Lipinski definition) is 3. The SMILES string of the molecule is CC(C)CC(=C=O)N(C(=O)O)N1COC(O)C1Cc1ccc(O)cc1. The number of phenolic OH excluding ortho intramolecular Hbond substituents is 1. The standard InChI is InChI=1S/C17H22N2O6/c1-11(2)7-13(9-20)19(17(23)24)18-10-25-16(22)15(18)8-12-3-5-14(21)6-4-12/h3-6,11,15-16,21-22H,7-8,10H2,1-2H3,(H,23,24). The minimum absolute atomic E-state index is 0.0316. The lowest BCUT2D eigenvalue weighted by molar-refractivity contribution is -0.0676. The van der Waals surface area contributed by atoms with Gasteiger partial charge in [0.25, 0.3) is 0 Å². The van der Waals surface area contributed by atoms with Crippen LogP contribution in [-0.4, -0.2) is 56.4 Å². The van der Waals surface area contributed by atoms with Gasteiger partial charge >= 0.3 is 6.09 Å². The highest BCUT2D eigenvalue weighted by molar-refractivity contribution is 5.71. The van der Waals surface area contributed by atoms with Gasteiger partial charge < -0.3 is 20.1 Å². The van der Waals surface area contributed by atoms with E-state index < -0.39 is 18.4 Å². The summed E-state index contributed by atoms with van der Waals surface area (Å²) in [6.45, 7) is 3.56. The fraction of sp³-hybridized carbons (Fsp3) is 0.471. The molecule has 1 aliphatic heterocycles. The zero-order valence-corrected chi connectivity index (χ0v) is 14.1. The Kier molecular flexibility index (Phi) is 6.17. The number of aromatic hydroxyl groups is 1. The number of aliphatic hydroxyl groups excluding tert-OH is 1. The first-order valence-corrected chi connectivity index (χ1v) is 7.94. The van der Waals surface area contributed by atoms with E-state index >= 15 is 0 Å². The number of nitrogens with zero attached hydrogens (tertiary/aromatic N) is 2. The van der Waals surface area contributed by atoms with Crippen molar-refractivity contribution in [2.24, 2.45) is 5.92 Å². The average molecular weight is 350 g/mol. The number of hydrogen-bond acceptors (Lipinski definition) is 6. The Hall–Kier alpha value is -2.38. The summed E-state index contributed by atoms with van der Waals surface area (Å²) in [4.78, 5) is 23.0. The van der Waals surface area contributed by atoms with E-state index in [2.05, 4.69) is 0 Å². The summed E-state index contributed by atoms with van der Waals surface area (Å²) in [5.41, 5.74) is 0.749. The maximum absolute atomic E-state index is 11.7. The van der Waals surface area contributed by atoms with Crippen LogP contribution in [0.25, 0.3) is 0 Å². The van der Waals surface area contributed by atoms with Gasteiger partial charge in [-0.3, -0.25) is 0 Å². The number of amides is 1. The first kappa shape index (κ1) is 19.0. The third kappa shape index (κ3) is 4.58. The summed E-state index contributed by atoms with van der Waals surface area (Å²) in [5, 5.41) is 31.1. The lowest BCUT2D eigenvalue weighted by atomic mass is 10.1. The molecule has 0 aromatic heterocycles. The quantitative estimate of drug-likeness (QED) is 0.668. The molecule has 1 aromatic carbocycles. The maximum atomic E-state index is 11.7. The molecule has 0 spiro atoms. The van der Waals surface area contributed by atoms with E-state index in [0.717, 1.165) is 10.6 Å². The molecular formula is C17H22N2O6. The summed E-state index contributed by atoms with van der Waals surface area (Å²) in [7, 11) is 0.